The summed E-state index contributed by atoms with van der Waals surface area (Å²) in [6, 6.07) is 23.5. The largest absolute Gasteiger partial charge is 0.497 e. The van der Waals surface area contributed by atoms with E-state index in [1.807, 2.05) is 77.4 Å². The molecule has 1 amide bonds. The predicted molar refractivity (Wildman–Crippen MR) is 118 cm³/mol. The van der Waals surface area contributed by atoms with E-state index in [4.69, 9.17) is 4.74 Å². The van der Waals surface area contributed by atoms with Crippen LogP contribution in [0.25, 0.3) is 21.3 Å². The number of amides is 1. The number of nitrogens with zero attached hydrogens (tertiary/aromatic N) is 2. The fraction of sp³-hybridized carbons (Fsp3) is 0.0833. The second-order valence-electron chi connectivity index (χ2n) is 6.48. The van der Waals surface area contributed by atoms with Gasteiger partial charge < -0.3 is 9.30 Å². The highest BCUT2D eigenvalue weighted by atomic mass is 32.1. The Bertz CT molecular complexity index is 1240. The molecule has 0 radical (unpaired) electrons. The van der Waals surface area contributed by atoms with Crippen LogP contribution in [0, 0.1) is 0 Å². The highest BCUT2D eigenvalue weighted by Crippen LogP contribution is 2.23. The molecular formula is C24H20N2O2S. The first kappa shape index (κ1) is 18.9. The summed E-state index contributed by atoms with van der Waals surface area (Å²) >= 11 is 1.46. The molecule has 0 aliphatic rings. The van der Waals surface area contributed by atoms with Crippen molar-refractivity contribution in [2.75, 3.05) is 7.11 Å². The van der Waals surface area contributed by atoms with E-state index in [0.717, 1.165) is 27.1 Å². The molecule has 0 bridgehead atoms. The van der Waals surface area contributed by atoms with Gasteiger partial charge in [0.15, 0.2) is 4.80 Å². The van der Waals surface area contributed by atoms with Crippen LogP contribution in [-0.4, -0.2) is 17.6 Å². The molecule has 4 rings (SSSR count). The Morgan fingerprint density at radius 2 is 1.79 bits per heavy atom. The summed E-state index contributed by atoms with van der Waals surface area (Å²) in [6.45, 7) is 4.40. The minimum atomic E-state index is -0.263. The zero-order valence-corrected chi connectivity index (χ0v) is 16.9. The number of rotatable bonds is 5. The molecule has 0 aliphatic heterocycles. The van der Waals surface area contributed by atoms with Crippen molar-refractivity contribution >= 4 is 27.5 Å². The van der Waals surface area contributed by atoms with E-state index in [0.29, 0.717) is 16.9 Å². The van der Waals surface area contributed by atoms with Crippen LogP contribution < -0.4 is 9.54 Å². The number of fused-ring (bicyclic) bond motifs is 1. The van der Waals surface area contributed by atoms with Gasteiger partial charge in [-0.1, -0.05) is 59.9 Å². The topological polar surface area (TPSA) is 43.6 Å². The Hall–Kier alpha value is -3.44. The highest BCUT2D eigenvalue weighted by molar-refractivity contribution is 7.16. The number of allylic oxidation sites excluding steroid dienone is 1. The first-order valence-electron chi connectivity index (χ1n) is 9.22. The number of benzene rings is 3. The third kappa shape index (κ3) is 3.91. The Labute approximate surface area is 173 Å². The van der Waals surface area contributed by atoms with Crippen LogP contribution in [0.15, 0.2) is 90.4 Å². The molecule has 0 N–H and O–H groups in total. The van der Waals surface area contributed by atoms with Crippen molar-refractivity contribution in [2.45, 2.75) is 6.54 Å². The molecule has 144 valence electrons. The van der Waals surface area contributed by atoms with Gasteiger partial charge >= 0.3 is 0 Å². The standard InChI is InChI=1S/C24H20N2O2S/c1-3-15-26-21-14-13-20(28-2)16-22(21)29-24(26)25-23(27)19-11-9-18(10-12-19)17-7-5-4-6-8-17/h3-14,16H,1,15H2,2H3. The number of thiazole rings is 1. The van der Waals surface area contributed by atoms with Gasteiger partial charge in [-0.15, -0.1) is 6.58 Å². The summed E-state index contributed by atoms with van der Waals surface area (Å²) in [6.07, 6.45) is 1.80. The molecule has 4 aromatic rings. The Morgan fingerprint density at radius 1 is 1.07 bits per heavy atom. The van der Waals surface area contributed by atoms with E-state index >= 15 is 0 Å². The van der Waals surface area contributed by atoms with Crippen molar-refractivity contribution in [3.05, 3.63) is 95.8 Å². The lowest BCUT2D eigenvalue weighted by Crippen LogP contribution is -2.16. The number of methoxy groups -OCH3 is 1. The van der Waals surface area contributed by atoms with Gasteiger partial charge in [0, 0.05) is 12.1 Å². The van der Waals surface area contributed by atoms with Gasteiger partial charge in [0.05, 0.1) is 17.3 Å². The maximum absolute atomic E-state index is 12.8. The molecule has 1 heterocycles. The molecule has 3 aromatic carbocycles. The van der Waals surface area contributed by atoms with Crippen molar-refractivity contribution in [3.63, 3.8) is 0 Å². The summed E-state index contributed by atoms with van der Waals surface area (Å²) in [5.41, 5.74) is 3.75. The second-order valence-corrected chi connectivity index (χ2v) is 7.49. The van der Waals surface area contributed by atoms with Gasteiger partial charge in [-0.2, -0.15) is 4.99 Å². The van der Waals surface area contributed by atoms with Crippen LogP contribution in [0.2, 0.25) is 0 Å². The molecule has 0 spiro atoms. The fourth-order valence-electron chi connectivity index (χ4n) is 3.16. The number of hydrogen-bond donors (Lipinski definition) is 0. The molecule has 0 fully saturated rings. The molecule has 1 aromatic heterocycles. The number of hydrogen-bond acceptors (Lipinski definition) is 3. The zero-order chi connectivity index (χ0) is 20.2. The maximum atomic E-state index is 12.8. The van der Waals surface area contributed by atoms with Crippen LogP contribution in [0.5, 0.6) is 5.75 Å². The molecule has 0 aliphatic carbocycles. The van der Waals surface area contributed by atoms with Crippen LogP contribution in [0.1, 0.15) is 10.4 Å². The fourth-order valence-corrected chi connectivity index (χ4v) is 4.22. The van der Waals surface area contributed by atoms with Gasteiger partial charge in [-0.25, -0.2) is 0 Å². The summed E-state index contributed by atoms with van der Waals surface area (Å²) < 4.78 is 8.31. The quantitative estimate of drug-likeness (QED) is 0.426. The van der Waals surface area contributed by atoms with Gasteiger partial charge in [0.1, 0.15) is 5.75 Å². The lowest BCUT2D eigenvalue weighted by Gasteiger charge is -2.03. The van der Waals surface area contributed by atoms with Crippen molar-refractivity contribution in [1.29, 1.82) is 0 Å². The first-order valence-corrected chi connectivity index (χ1v) is 10.0. The smallest absolute Gasteiger partial charge is 0.279 e. The second kappa shape index (κ2) is 8.29. The Kier molecular flexibility index (Phi) is 5.40. The number of ether oxygens (including phenoxy) is 1. The van der Waals surface area contributed by atoms with E-state index < -0.39 is 0 Å². The lowest BCUT2D eigenvalue weighted by molar-refractivity contribution is 0.0998. The maximum Gasteiger partial charge on any atom is 0.279 e. The lowest BCUT2D eigenvalue weighted by atomic mass is 10.0. The average Bonchev–Trinajstić information content (AvgIpc) is 3.10. The van der Waals surface area contributed by atoms with Crippen LogP contribution in [0.4, 0.5) is 0 Å². The number of carbonyl (C=O) groups is 1. The van der Waals surface area contributed by atoms with E-state index in [9.17, 15) is 4.79 Å². The van der Waals surface area contributed by atoms with Crippen molar-refractivity contribution in [1.82, 2.24) is 4.57 Å². The van der Waals surface area contributed by atoms with Crippen LogP contribution >= 0.6 is 11.3 Å². The zero-order valence-electron chi connectivity index (χ0n) is 16.0. The summed E-state index contributed by atoms with van der Waals surface area (Å²) in [5.74, 6) is 0.514. The van der Waals surface area contributed by atoms with Crippen molar-refractivity contribution < 1.29 is 9.53 Å². The van der Waals surface area contributed by atoms with E-state index in [1.54, 1.807) is 13.2 Å². The average molecular weight is 401 g/mol. The molecule has 0 unspecified atom stereocenters. The van der Waals surface area contributed by atoms with Crippen molar-refractivity contribution in [3.8, 4) is 16.9 Å². The third-order valence-corrected chi connectivity index (χ3v) is 5.68. The molecule has 0 saturated carbocycles. The van der Waals surface area contributed by atoms with Gasteiger partial charge in [-0.3, -0.25) is 4.79 Å². The summed E-state index contributed by atoms with van der Waals surface area (Å²) in [7, 11) is 1.64. The van der Waals surface area contributed by atoms with Gasteiger partial charge in [0.25, 0.3) is 5.91 Å². The van der Waals surface area contributed by atoms with E-state index in [-0.39, 0.29) is 5.91 Å². The molecule has 5 heteroatoms. The molecule has 4 nitrogen and oxygen atoms in total. The normalized spacial score (nSPS) is 11.6. The monoisotopic (exact) mass is 400 g/mol. The molecule has 29 heavy (non-hydrogen) atoms. The van der Waals surface area contributed by atoms with Gasteiger partial charge in [-0.05, 0) is 41.5 Å². The van der Waals surface area contributed by atoms with Crippen molar-refractivity contribution in [2.24, 2.45) is 4.99 Å². The molecule has 0 saturated heterocycles. The van der Waals surface area contributed by atoms with E-state index in [2.05, 4.69) is 11.6 Å². The minimum Gasteiger partial charge on any atom is -0.497 e. The number of aromatic nitrogens is 1. The number of carbonyl (C=O) groups excluding carboxylic acids is 1. The highest BCUT2D eigenvalue weighted by Gasteiger charge is 2.10. The predicted octanol–water partition coefficient (Wildman–Crippen LogP) is 5.31. The third-order valence-electron chi connectivity index (χ3n) is 4.64. The SMILES string of the molecule is C=CCn1c(=NC(=O)c2ccc(-c3ccccc3)cc2)sc2cc(OC)ccc21. The Morgan fingerprint density at radius 3 is 2.48 bits per heavy atom. The first-order chi connectivity index (χ1) is 14.2. The molecule has 0 atom stereocenters. The van der Waals surface area contributed by atoms with E-state index in [1.165, 1.54) is 11.3 Å². The summed E-state index contributed by atoms with van der Waals surface area (Å²) in [5, 5.41) is 0. The van der Waals surface area contributed by atoms with Crippen LogP contribution in [-0.2, 0) is 6.54 Å². The van der Waals surface area contributed by atoms with Gasteiger partial charge in [0.2, 0.25) is 0 Å². The Balaban J connectivity index is 1.71. The summed E-state index contributed by atoms with van der Waals surface area (Å²) in [4.78, 5) is 17.8. The minimum absolute atomic E-state index is 0.263. The van der Waals surface area contributed by atoms with Crippen LogP contribution in [0.3, 0.4) is 0 Å². The molecular weight excluding hydrogens is 380 g/mol.